The van der Waals surface area contributed by atoms with Crippen molar-refractivity contribution in [3.05, 3.63) is 28.8 Å². The van der Waals surface area contributed by atoms with Crippen molar-refractivity contribution >= 4 is 22.4 Å². The molecule has 1 saturated heterocycles. The largest absolute Gasteiger partial charge is 0.490 e. The van der Waals surface area contributed by atoms with Gasteiger partial charge in [-0.05, 0) is 44.4 Å². The minimum atomic E-state index is 0.0378. The number of benzene rings is 1. The van der Waals surface area contributed by atoms with Crippen molar-refractivity contribution in [3.8, 4) is 11.5 Å². The standard InChI is InChI=1S/C25H36N4O3S/c1-3-5-17-32-21-12-11-20(18-22(21)31-4-2)24(30)28-13-15-29(16-14-28)25-27-26-23(33-25)19-9-7-6-8-10-19/h11-12,18-19H,3-10,13-17H2,1-2H3. The Bertz CT molecular complexity index is 905. The van der Waals surface area contributed by atoms with Crippen LogP contribution in [0.25, 0.3) is 0 Å². The third kappa shape index (κ3) is 5.96. The van der Waals surface area contributed by atoms with Gasteiger partial charge in [-0.15, -0.1) is 10.2 Å². The summed E-state index contributed by atoms with van der Waals surface area (Å²) in [5, 5.41) is 11.2. The number of carbonyl (C=O) groups excluding carboxylic acids is 1. The molecule has 1 aliphatic heterocycles. The number of anilines is 1. The van der Waals surface area contributed by atoms with Crippen molar-refractivity contribution in [1.82, 2.24) is 15.1 Å². The summed E-state index contributed by atoms with van der Waals surface area (Å²) in [6.07, 6.45) is 8.50. The topological polar surface area (TPSA) is 67.8 Å². The van der Waals surface area contributed by atoms with Crippen LogP contribution in [0.5, 0.6) is 11.5 Å². The highest BCUT2D eigenvalue weighted by molar-refractivity contribution is 7.15. The Morgan fingerprint density at radius 3 is 2.55 bits per heavy atom. The fourth-order valence-electron chi connectivity index (χ4n) is 4.51. The second kappa shape index (κ2) is 11.7. The van der Waals surface area contributed by atoms with Gasteiger partial charge in [0.15, 0.2) is 11.5 Å². The molecule has 0 N–H and O–H groups in total. The highest BCUT2D eigenvalue weighted by atomic mass is 32.1. The van der Waals surface area contributed by atoms with Crippen molar-refractivity contribution < 1.29 is 14.3 Å². The average molecular weight is 473 g/mol. The van der Waals surface area contributed by atoms with Crippen LogP contribution in [0.3, 0.4) is 0 Å². The highest BCUT2D eigenvalue weighted by Crippen LogP contribution is 2.36. The van der Waals surface area contributed by atoms with Crippen molar-refractivity contribution in [2.24, 2.45) is 0 Å². The molecule has 0 bridgehead atoms. The first-order valence-corrected chi connectivity index (χ1v) is 13.3. The number of hydrogen-bond acceptors (Lipinski definition) is 7. The molecule has 2 heterocycles. The van der Waals surface area contributed by atoms with Crippen LogP contribution in [0.15, 0.2) is 18.2 Å². The predicted molar refractivity (Wildman–Crippen MR) is 132 cm³/mol. The van der Waals surface area contributed by atoms with Crippen molar-refractivity contribution in [1.29, 1.82) is 0 Å². The molecule has 8 heteroatoms. The van der Waals surface area contributed by atoms with Crippen LogP contribution in [0, 0.1) is 0 Å². The number of amides is 1. The first kappa shape index (κ1) is 23.8. The van der Waals surface area contributed by atoms with Crippen LogP contribution in [-0.4, -0.2) is 60.4 Å². The lowest BCUT2D eigenvalue weighted by Gasteiger charge is -2.34. The molecule has 0 radical (unpaired) electrons. The van der Waals surface area contributed by atoms with E-state index in [-0.39, 0.29) is 5.91 Å². The van der Waals surface area contributed by atoms with E-state index in [4.69, 9.17) is 9.47 Å². The van der Waals surface area contributed by atoms with Gasteiger partial charge in [-0.3, -0.25) is 4.79 Å². The van der Waals surface area contributed by atoms with Gasteiger partial charge in [0.25, 0.3) is 5.91 Å². The van der Waals surface area contributed by atoms with Crippen LogP contribution >= 0.6 is 11.3 Å². The monoisotopic (exact) mass is 472 g/mol. The fourth-order valence-corrected chi connectivity index (χ4v) is 5.57. The molecule has 1 aromatic carbocycles. The van der Waals surface area contributed by atoms with Gasteiger partial charge in [-0.2, -0.15) is 0 Å². The number of rotatable bonds is 9. The van der Waals surface area contributed by atoms with Crippen molar-refractivity contribution in [3.63, 3.8) is 0 Å². The molecule has 7 nitrogen and oxygen atoms in total. The Morgan fingerprint density at radius 1 is 1.03 bits per heavy atom. The number of piperazine rings is 1. The van der Waals surface area contributed by atoms with E-state index in [1.165, 1.54) is 37.1 Å². The van der Waals surface area contributed by atoms with Gasteiger partial charge in [0.1, 0.15) is 5.01 Å². The molecule has 2 aromatic rings. The lowest BCUT2D eigenvalue weighted by molar-refractivity contribution is 0.0746. The third-order valence-corrected chi connectivity index (χ3v) is 7.61. The van der Waals surface area contributed by atoms with E-state index < -0.39 is 0 Å². The Morgan fingerprint density at radius 2 is 1.82 bits per heavy atom. The molecule has 180 valence electrons. The first-order chi connectivity index (χ1) is 16.2. The smallest absolute Gasteiger partial charge is 0.254 e. The molecule has 1 saturated carbocycles. The number of unbranched alkanes of at least 4 members (excludes halogenated alkanes) is 1. The highest BCUT2D eigenvalue weighted by Gasteiger charge is 2.26. The van der Waals surface area contributed by atoms with Crippen LogP contribution in [0.4, 0.5) is 5.13 Å². The molecule has 0 unspecified atom stereocenters. The number of ether oxygens (including phenoxy) is 2. The summed E-state index contributed by atoms with van der Waals surface area (Å²) in [5.74, 6) is 1.97. The van der Waals surface area contributed by atoms with E-state index in [0.29, 0.717) is 49.3 Å². The van der Waals surface area contributed by atoms with Gasteiger partial charge >= 0.3 is 0 Å². The zero-order valence-electron chi connectivity index (χ0n) is 19.9. The molecule has 0 spiro atoms. The van der Waals surface area contributed by atoms with E-state index in [0.717, 1.165) is 31.1 Å². The zero-order valence-corrected chi connectivity index (χ0v) is 20.7. The molecular formula is C25H36N4O3S. The van der Waals surface area contributed by atoms with E-state index in [9.17, 15) is 4.79 Å². The van der Waals surface area contributed by atoms with Crippen LogP contribution in [0.2, 0.25) is 0 Å². The molecule has 2 aliphatic rings. The first-order valence-electron chi connectivity index (χ1n) is 12.5. The zero-order chi connectivity index (χ0) is 23.0. The maximum atomic E-state index is 13.2. The lowest BCUT2D eigenvalue weighted by atomic mass is 9.90. The minimum absolute atomic E-state index is 0.0378. The van der Waals surface area contributed by atoms with E-state index in [2.05, 4.69) is 22.0 Å². The Balaban J connectivity index is 1.35. The molecule has 0 atom stereocenters. The quantitative estimate of drug-likeness (QED) is 0.472. The summed E-state index contributed by atoms with van der Waals surface area (Å²) >= 11 is 1.74. The maximum absolute atomic E-state index is 13.2. The average Bonchev–Trinajstić information content (AvgIpc) is 3.36. The number of nitrogens with zero attached hydrogens (tertiary/aromatic N) is 4. The summed E-state index contributed by atoms with van der Waals surface area (Å²) in [7, 11) is 0. The van der Waals surface area contributed by atoms with Crippen LogP contribution < -0.4 is 14.4 Å². The Hall–Kier alpha value is -2.35. The Labute approximate surface area is 201 Å². The third-order valence-electron chi connectivity index (χ3n) is 6.47. The summed E-state index contributed by atoms with van der Waals surface area (Å²) in [4.78, 5) is 17.4. The van der Waals surface area contributed by atoms with Crippen molar-refractivity contribution in [2.75, 3.05) is 44.3 Å². The summed E-state index contributed by atoms with van der Waals surface area (Å²) in [5.41, 5.74) is 0.644. The minimum Gasteiger partial charge on any atom is -0.490 e. The molecule has 2 fully saturated rings. The molecule has 1 aliphatic carbocycles. The van der Waals surface area contributed by atoms with Crippen LogP contribution in [0.1, 0.15) is 80.1 Å². The summed E-state index contributed by atoms with van der Waals surface area (Å²) in [6.45, 7) is 8.17. The summed E-state index contributed by atoms with van der Waals surface area (Å²) < 4.78 is 11.6. The predicted octanol–water partition coefficient (Wildman–Crippen LogP) is 5.13. The van der Waals surface area contributed by atoms with Gasteiger partial charge < -0.3 is 19.3 Å². The number of carbonyl (C=O) groups is 1. The second-order valence-electron chi connectivity index (χ2n) is 8.83. The number of aromatic nitrogens is 2. The molecule has 1 amide bonds. The fraction of sp³-hybridized carbons (Fsp3) is 0.640. The number of hydrogen-bond donors (Lipinski definition) is 0. The van der Waals surface area contributed by atoms with Gasteiger partial charge in [-0.25, -0.2) is 0 Å². The Kier molecular flexibility index (Phi) is 8.42. The van der Waals surface area contributed by atoms with E-state index in [1.807, 2.05) is 30.0 Å². The van der Waals surface area contributed by atoms with Gasteiger partial charge in [0.05, 0.1) is 13.2 Å². The normalized spacial score (nSPS) is 17.3. The van der Waals surface area contributed by atoms with Gasteiger partial charge in [0.2, 0.25) is 5.13 Å². The maximum Gasteiger partial charge on any atom is 0.254 e. The van der Waals surface area contributed by atoms with Gasteiger partial charge in [0, 0.05) is 37.7 Å². The van der Waals surface area contributed by atoms with Gasteiger partial charge in [-0.1, -0.05) is 43.9 Å². The van der Waals surface area contributed by atoms with Crippen LogP contribution in [-0.2, 0) is 0 Å². The molecule has 33 heavy (non-hydrogen) atoms. The summed E-state index contributed by atoms with van der Waals surface area (Å²) in [6, 6.07) is 5.53. The SMILES string of the molecule is CCCCOc1ccc(C(=O)N2CCN(c3nnc(C4CCCCC4)s3)CC2)cc1OCC. The van der Waals surface area contributed by atoms with E-state index in [1.54, 1.807) is 11.3 Å². The molecule has 4 rings (SSSR count). The molecule has 1 aromatic heterocycles. The lowest BCUT2D eigenvalue weighted by Crippen LogP contribution is -2.48. The second-order valence-corrected chi connectivity index (χ2v) is 9.82. The van der Waals surface area contributed by atoms with E-state index >= 15 is 0 Å². The molecular weight excluding hydrogens is 436 g/mol. The van der Waals surface area contributed by atoms with Crippen molar-refractivity contribution in [2.45, 2.75) is 64.7 Å².